The van der Waals surface area contributed by atoms with E-state index in [0.717, 1.165) is 5.56 Å². The Kier molecular flexibility index (Phi) is 5.50. The van der Waals surface area contributed by atoms with E-state index >= 15 is 0 Å². The molecule has 0 saturated carbocycles. The number of aromatic carboxylic acids is 1. The summed E-state index contributed by atoms with van der Waals surface area (Å²) in [5.41, 5.74) is 8.49. The number of nitrogens with two attached hydrogens (primary N) is 1. The SMILES string of the molecule is Cc1nc(N)nc(COc2ccc(C(C)(C)C)cc2C(C)(C)C)c1C(=O)O. The predicted octanol–water partition coefficient (Wildman–Crippen LogP) is 4.24. The highest BCUT2D eigenvalue weighted by molar-refractivity contribution is 5.90. The number of ether oxygens (including phenoxy) is 1. The highest BCUT2D eigenvalue weighted by Crippen LogP contribution is 2.36. The molecule has 0 bridgehead atoms. The zero-order valence-electron chi connectivity index (χ0n) is 17.2. The normalized spacial score (nSPS) is 12.1. The summed E-state index contributed by atoms with van der Waals surface area (Å²) in [5, 5.41) is 9.47. The van der Waals surface area contributed by atoms with E-state index in [1.165, 1.54) is 5.56 Å². The van der Waals surface area contributed by atoms with Gasteiger partial charge in [0, 0.05) is 0 Å². The van der Waals surface area contributed by atoms with Crippen molar-refractivity contribution in [2.24, 2.45) is 0 Å². The maximum Gasteiger partial charge on any atom is 0.339 e. The Morgan fingerprint density at radius 1 is 1.11 bits per heavy atom. The van der Waals surface area contributed by atoms with Gasteiger partial charge in [-0.25, -0.2) is 14.8 Å². The monoisotopic (exact) mass is 371 g/mol. The number of aromatic nitrogens is 2. The second-order valence-corrected chi connectivity index (χ2v) is 8.79. The van der Waals surface area contributed by atoms with E-state index in [2.05, 4.69) is 57.6 Å². The topological polar surface area (TPSA) is 98.3 Å². The Hall–Kier alpha value is -2.63. The van der Waals surface area contributed by atoms with Crippen LogP contribution in [0.3, 0.4) is 0 Å². The van der Waals surface area contributed by atoms with Gasteiger partial charge in [0.15, 0.2) is 0 Å². The summed E-state index contributed by atoms with van der Waals surface area (Å²) >= 11 is 0. The van der Waals surface area contributed by atoms with Crippen LogP contribution < -0.4 is 10.5 Å². The maximum atomic E-state index is 11.6. The highest BCUT2D eigenvalue weighted by Gasteiger charge is 2.24. The lowest BCUT2D eigenvalue weighted by molar-refractivity contribution is 0.0691. The number of hydrogen-bond donors (Lipinski definition) is 2. The number of nitrogen functional groups attached to an aromatic ring is 1. The van der Waals surface area contributed by atoms with Crippen molar-refractivity contribution in [1.29, 1.82) is 0 Å². The lowest BCUT2D eigenvalue weighted by Gasteiger charge is -2.27. The molecule has 0 aliphatic heterocycles. The molecule has 0 amide bonds. The van der Waals surface area contributed by atoms with Crippen LogP contribution >= 0.6 is 0 Å². The van der Waals surface area contributed by atoms with E-state index < -0.39 is 5.97 Å². The lowest BCUT2D eigenvalue weighted by atomic mass is 9.80. The Morgan fingerprint density at radius 3 is 2.26 bits per heavy atom. The largest absolute Gasteiger partial charge is 0.487 e. The molecule has 0 atom stereocenters. The number of carboxylic acid groups (broad SMARTS) is 1. The zero-order valence-corrected chi connectivity index (χ0v) is 17.2. The minimum absolute atomic E-state index is 0.00708. The van der Waals surface area contributed by atoms with Crippen LogP contribution in [-0.2, 0) is 17.4 Å². The first-order chi connectivity index (χ1) is 12.3. The average Bonchev–Trinajstić information content (AvgIpc) is 2.49. The van der Waals surface area contributed by atoms with Crippen molar-refractivity contribution in [3.63, 3.8) is 0 Å². The molecule has 0 unspecified atom stereocenters. The predicted molar refractivity (Wildman–Crippen MR) is 106 cm³/mol. The fraction of sp³-hybridized carbons (Fsp3) is 0.476. The summed E-state index contributed by atoms with van der Waals surface area (Å²) in [6.07, 6.45) is 0. The molecule has 1 aromatic heterocycles. The number of rotatable bonds is 4. The van der Waals surface area contributed by atoms with Crippen LogP contribution in [0.25, 0.3) is 0 Å². The Balaban J connectivity index is 2.43. The minimum Gasteiger partial charge on any atom is -0.487 e. The third-order valence-corrected chi connectivity index (χ3v) is 4.41. The first-order valence-electron chi connectivity index (χ1n) is 8.95. The summed E-state index contributed by atoms with van der Waals surface area (Å²) in [7, 11) is 0. The van der Waals surface area contributed by atoms with Crippen LogP contribution in [0.4, 0.5) is 5.95 Å². The molecule has 27 heavy (non-hydrogen) atoms. The second kappa shape index (κ2) is 7.18. The molecule has 0 radical (unpaired) electrons. The molecule has 0 spiro atoms. The summed E-state index contributed by atoms with van der Waals surface area (Å²) in [5.74, 6) is -0.345. The van der Waals surface area contributed by atoms with Crippen molar-refractivity contribution >= 4 is 11.9 Å². The van der Waals surface area contributed by atoms with Gasteiger partial charge in [-0.15, -0.1) is 0 Å². The summed E-state index contributed by atoms with van der Waals surface area (Å²) in [4.78, 5) is 19.6. The first-order valence-corrected chi connectivity index (χ1v) is 8.95. The van der Waals surface area contributed by atoms with Gasteiger partial charge >= 0.3 is 5.97 Å². The number of carboxylic acids is 1. The number of benzene rings is 1. The molecule has 1 heterocycles. The van der Waals surface area contributed by atoms with Crippen LogP contribution in [0.5, 0.6) is 5.75 Å². The lowest BCUT2D eigenvalue weighted by Crippen LogP contribution is -2.18. The highest BCUT2D eigenvalue weighted by atomic mass is 16.5. The zero-order chi connectivity index (χ0) is 20.6. The maximum absolute atomic E-state index is 11.6. The number of hydrogen-bond acceptors (Lipinski definition) is 5. The van der Waals surface area contributed by atoms with Crippen molar-refractivity contribution < 1.29 is 14.6 Å². The standard InChI is InChI=1S/C21H29N3O3/c1-12-17(18(25)26)15(24-19(22)23-12)11-27-16-9-8-13(20(2,3)4)10-14(16)21(5,6)7/h8-10H,11H2,1-7H3,(H,25,26)(H2,22,23,24). The molecule has 0 saturated heterocycles. The molecule has 2 rings (SSSR count). The van der Waals surface area contributed by atoms with Crippen LogP contribution in [0.2, 0.25) is 0 Å². The van der Waals surface area contributed by atoms with Gasteiger partial charge in [-0.1, -0.05) is 53.7 Å². The third kappa shape index (κ3) is 4.76. The molecular weight excluding hydrogens is 342 g/mol. The van der Waals surface area contributed by atoms with E-state index in [4.69, 9.17) is 10.5 Å². The quantitative estimate of drug-likeness (QED) is 0.834. The Morgan fingerprint density at radius 2 is 1.74 bits per heavy atom. The fourth-order valence-electron chi connectivity index (χ4n) is 2.89. The molecule has 6 heteroatoms. The van der Waals surface area contributed by atoms with E-state index in [0.29, 0.717) is 11.4 Å². The van der Waals surface area contributed by atoms with Gasteiger partial charge in [0.1, 0.15) is 17.9 Å². The number of anilines is 1. The van der Waals surface area contributed by atoms with Crippen LogP contribution in [0.15, 0.2) is 18.2 Å². The molecule has 1 aromatic carbocycles. The van der Waals surface area contributed by atoms with Gasteiger partial charge < -0.3 is 15.6 Å². The van der Waals surface area contributed by atoms with E-state index in [1.54, 1.807) is 6.92 Å². The van der Waals surface area contributed by atoms with E-state index in [1.807, 2.05) is 12.1 Å². The minimum atomic E-state index is -1.09. The summed E-state index contributed by atoms with van der Waals surface area (Å²) < 4.78 is 6.01. The van der Waals surface area contributed by atoms with Crippen molar-refractivity contribution in [2.75, 3.05) is 5.73 Å². The second-order valence-electron chi connectivity index (χ2n) is 8.79. The Bertz CT molecular complexity index is 862. The number of aryl methyl sites for hydroxylation is 1. The van der Waals surface area contributed by atoms with Crippen LogP contribution in [0, 0.1) is 6.92 Å². The smallest absolute Gasteiger partial charge is 0.339 e. The van der Waals surface area contributed by atoms with Gasteiger partial charge in [0.05, 0.1) is 11.4 Å². The van der Waals surface area contributed by atoms with Crippen molar-refractivity contribution in [1.82, 2.24) is 9.97 Å². The average molecular weight is 371 g/mol. The molecule has 0 aliphatic rings. The molecule has 3 N–H and O–H groups in total. The van der Waals surface area contributed by atoms with Crippen LogP contribution in [-0.4, -0.2) is 21.0 Å². The van der Waals surface area contributed by atoms with Crippen molar-refractivity contribution in [2.45, 2.75) is 65.9 Å². The molecular formula is C21H29N3O3. The van der Waals surface area contributed by atoms with Crippen molar-refractivity contribution in [3.8, 4) is 5.75 Å². The Labute approximate surface area is 160 Å². The third-order valence-electron chi connectivity index (χ3n) is 4.41. The molecule has 0 aliphatic carbocycles. The van der Waals surface area contributed by atoms with Gasteiger partial charge in [-0.2, -0.15) is 0 Å². The van der Waals surface area contributed by atoms with Gasteiger partial charge in [-0.05, 0) is 34.9 Å². The van der Waals surface area contributed by atoms with Gasteiger partial charge in [0.25, 0.3) is 0 Å². The van der Waals surface area contributed by atoms with Gasteiger partial charge in [-0.3, -0.25) is 0 Å². The van der Waals surface area contributed by atoms with Crippen molar-refractivity contribution in [3.05, 3.63) is 46.3 Å². The summed E-state index contributed by atoms with van der Waals surface area (Å²) in [6.45, 7) is 14.5. The first kappa shape index (κ1) is 20.7. The number of nitrogens with zero attached hydrogens (tertiary/aromatic N) is 2. The molecule has 0 fully saturated rings. The van der Waals surface area contributed by atoms with E-state index in [9.17, 15) is 9.90 Å². The van der Waals surface area contributed by atoms with E-state index in [-0.39, 0.29) is 34.6 Å². The molecule has 146 valence electrons. The fourth-order valence-corrected chi connectivity index (χ4v) is 2.89. The molecule has 6 nitrogen and oxygen atoms in total. The van der Waals surface area contributed by atoms with Crippen LogP contribution in [0.1, 0.15) is 74.4 Å². The number of carbonyl (C=O) groups is 1. The summed E-state index contributed by atoms with van der Waals surface area (Å²) in [6, 6.07) is 6.15. The van der Waals surface area contributed by atoms with Gasteiger partial charge in [0.2, 0.25) is 5.95 Å². The molecule has 2 aromatic rings.